The van der Waals surface area contributed by atoms with E-state index in [1.54, 1.807) is 27.7 Å². The summed E-state index contributed by atoms with van der Waals surface area (Å²) < 4.78 is 49.8. The van der Waals surface area contributed by atoms with Crippen LogP contribution < -0.4 is 20.5 Å². The minimum Gasteiger partial charge on any atom is -0.485 e. The molecule has 0 unspecified atom stereocenters. The van der Waals surface area contributed by atoms with Gasteiger partial charge in [-0.3, -0.25) is 14.4 Å². The maximum Gasteiger partial charge on any atom is 0.416 e. The Morgan fingerprint density at radius 1 is 0.983 bits per heavy atom. The fourth-order valence-corrected chi connectivity index (χ4v) is 8.13. The molecule has 0 radical (unpaired) electrons. The van der Waals surface area contributed by atoms with E-state index in [1.165, 1.54) is 10.8 Å². The summed E-state index contributed by atoms with van der Waals surface area (Å²) in [5.41, 5.74) is 1.56. The Kier molecular flexibility index (Phi) is 10.8. The Morgan fingerprint density at radius 2 is 1.76 bits per heavy atom. The number of rotatable bonds is 10. The number of thiophene rings is 1. The average Bonchev–Trinajstić information content (AvgIpc) is 3.90. The van der Waals surface area contributed by atoms with Gasteiger partial charge in [0.15, 0.2) is 17.3 Å². The van der Waals surface area contributed by atoms with Crippen LogP contribution in [0.25, 0.3) is 27.3 Å². The van der Waals surface area contributed by atoms with Gasteiger partial charge in [-0.1, -0.05) is 61.0 Å². The van der Waals surface area contributed by atoms with Crippen LogP contribution in [0.3, 0.4) is 0 Å². The number of nitrogens with zero attached hydrogens (tertiary/aromatic N) is 8. The number of aryl methyl sites for hydroxylation is 1. The summed E-state index contributed by atoms with van der Waals surface area (Å²) in [5.74, 6) is -0.312. The molecule has 1 fully saturated rings. The number of fused-ring (bicyclic) bond motifs is 2. The third-order valence-electron chi connectivity index (χ3n) is 10.0. The van der Waals surface area contributed by atoms with Gasteiger partial charge < -0.3 is 24.4 Å². The SMILES string of the molecule is CCc1c(N2CCN(C(=O)c3ncnc(C)c3OCc3ccccc3)CC2)c(=O)n2nc(-c3ccc4ccsc4c3)nc2n1CC(=O)Nc1ccc(C(F)(F)F)cc1Cl. The molecule has 0 aliphatic carbocycles. The first kappa shape index (κ1) is 39.5. The molecule has 4 aromatic heterocycles. The van der Waals surface area contributed by atoms with Gasteiger partial charge in [0.1, 0.15) is 25.2 Å². The molecule has 13 nitrogen and oxygen atoms in total. The number of benzene rings is 3. The zero-order chi connectivity index (χ0) is 41.4. The van der Waals surface area contributed by atoms with E-state index in [-0.39, 0.29) is 78.9 Å². The third-order valence-corrected chi connectivity index (χ3v) is 11.2. The van der Waals surface area contributed by atoms with Crippen molar-refractivity contribution in [1.29, 1.82) is 0 Å². The number of carbonyl (C=O) groups is 2. The van der Waals surface area contributed by atoms with Crippen molar-refractivity contribution in [2.24, 2.45) is 0 Å². The molecule has 0 spiro atoms. The minimum atomic E-state index is -4.62. The molecule has 1 saturated heterocycles. The maximum absolute atomic E-state index is 14.5. The smallest absolute Gasteiger partial charge is 0.416 e. The summed E-state index contributed by atoms with van der Waals surface area (Å²) in [6.45, 7) is 4.41. The van der Waals surface area contributed by atoms with Crippen molar-refractivity contribution in [1.82, 2.24) is 34.0 Å². The van der Waals surface area contributed by atoms with E-state index in [0.29, 0.717) is 29.1 Å². The zero-order valence-electron chi connectivity index (χ0n) is 31.7. The lowest BCUT2D eigenvalue weighted by Gasteiger charge is -2.36. The number of halogens is 4. The van der Waals surface area contributed by atoms with Gasteiger partial charge in [0.2, 0.25) is 11.7 Å². The van der Waals surface area contributed by atoms with Crippen molar-refractivity contribution in [3.8, 4) is 17.1 Å². The third kappa shape index (κ3) is 7.94. The van der Waals surface area contributed by atoms with E-state index in [9.17, 15) is 27.6 Å². The van der Waals surface area contributed by atoms with Crippen LogP contribution >= 0.6 is 22.9 Å². The highest BCUT2D eigenvalue weighted by molar-refractivity contribution is 7.17. The normalized spacial score (nSPS) is 13.3. The van der Waals surface area contributed by atoms with E-state index in [4.69, 9.17) is 21.3 Å². The molecule has 2 amide bonds. The molecule has 5 heterocycles. The maximum atomic E-state index is 14.5. The van der Waals surface area contributed by atoms with Gasteiger partial charge >= 0.3 is 6.18 Å². The second-order valence-electron chi connectivity index (χ2n) is 13.8. The van der Waals surface area contributed by atoms with Crippen LogP contribution in [-0.4, -0.2) is 72.0 Å². The molecule has 8 rings (SSSR count). The molecule has 7 aromatic rings. The first-order chi connectivity index (χ1) is 28.4. The number of aromatic nitrogens is 6. The second-order valence-corrected chi connectivity index (χ2v) is 15.1. The summed E-state index contributed by atoms with van der Waals surface area (Å²) in [5, 5.41) is 9.97. The lowest BCUT2D eigenvalue weighted by atomic mass is 10.2. The summed E-state index contributed by atoms with van der Waals surface area (Å²) >= 11 is 7.73. The number of alkyl halides is 3. The van der Waals surface area contributed by atoms with E-state index in [0.717, 1.165) is 33.8 Å². The predicted octanol–water partition coefficient (Wildman–Crippen LogP) is 7.29. The lowest BCUT2D eigenvalue weighted by Crippen LogP contribution is -2.51. The molecule has 1 aliphatic heterocycles. The molecule has 0 atom stereocenters. The fraction of sp³-hybridized carbons (Fsp3) is 0.244. The largest absolute Gasteiger partial charge is 0.485 e. The highest BCUT2D eigenvalue weighted by Crippen LogP contribution is 2.34. The van der Waals surface area contributed by atoms with Gasteiger partial charge in [0.05, 0.1) is 27.7 Å². The Labute approximate surface area is 343 Å². The quantitative estimate of drug-likeness (QED) is 0.151. The Hall–Kier alpha value is -6.33. The number of anilines is 2. The van der Waals surface area contributed by atoms with Crippen molar-refractivity contribution in [2.45, 2.75) is 39.6 Å². The predicted molar refractivity (Wildman–Crippen MR) is 218 cm³/mol. The van der Waals surface area contributed by atoms with Crippen LogP contribution in [0, 0.1) is 6.92 Å². The molecule has 3 aromatic carbocycles. The summed E-state index contributed by atoms with van der Waals surface area (Å²) in [7, 11) is 0. The zero-order valence-corrected chi connectivity index (χ0v) is 33.2. The molecule has 59 heavy (non-hydrogen) atoms. The number of hydrogen-bond acceptors (Lipinski definition) is 10. The van der Waals surface area contributed by atoms with E-state index < -0.39 is 23.2 Å². The number of piperazine rings is 1. The number of ether oxygens (including phenoxy) is 1. The Morgan fingerprint density at radius 3 is 2.49 bits per heavy atom. The molecule has 18 heteroatoms. The monoisotopic (exact) mass is 841 g/mol. The van der Waals surface area contributed by atoms with Crippen LogP contribution in [0.2, 0.25) is 5.02 Å². The fourth-order valence-electron chi connectivity index (χ4n) is 7.07. The Bertz CT molecular complexity index is 2780. The number of nitrogens with one attached hydrogen (secondary N) is 1. The number of hydrogen-bond donors (Lipinski definition) is 1. The van der Waals surface area contributed by atoms with Crippen molar-refractivity contribution >= 4 is 62.0 Å². The molecule has 0 saturated carbocycles. The topological polar surface area (TPSA) is 140 Å². The van der Waals surface area contributed by atoms with E-state index >= 15 is 0 Å². The molecule has 302 valence electrons. The van der Waals surface area contributed by atoms with Crippen LogP contribution in [0.5, 0.6) is 5.75 Å². The second kappa shape index (κ2) is 16.1. The molecular formula is C41H35ClF3N9O4S. The molecule has 1 aliphatic rings. The van der Waals surface area contributed by atoms with Crippen molar-refractivity contribution in [2.75, 3.05) is 36.4 Å². The van der Waals surface area contributed by atoms with Crippen molar-refractivity contribution < 1.29 is 27.5 Å². The van der Waals surface area contributed by atoms with Gasteiger partial charge in [0, 0.05) is 36.4 Å². The van der Waals surface area contributed by atoms with E-state index in [1.807, 2.05) is 71.8 Å². The lowest BCUT2D eigenvalue weighted by molar-refractivity contribution is -0.137. The average molecular weight is 842 g/mol. The van der Waals surface area contributed by atoms with Crippen LogP contribution in [0.1, 0.15) is 39.9 Å². The highest BCUT2D eigenvalue weighted by atomic mass is 35.5. The van der Waals surface area contributed by atoms with Crippen LogP contribution in [0.4, 0.5) is 24.5 Å². The molecule has 0 bridgehead atoms. The summed E-state index contributed by atoms with van der Waals surface area (Å²) in [6, 6.07) is 19.9. The minimum absolute atomic E-state index is 0.0142. The van der Waals surface area contributed by atoms with Gasteiger partial charge in [-0.05, 0) is 60.0 Å². The van der Waals surface area contributed by atoms with Crippen LogP contribution in [0.15, 0.2) is 89.3 Å². The Balaban J connectivity index is 1.11. The number of carbonyl (C=O) groups excluding carboxylic acids is 2. The van der Waals surface area contributed by atoms with Crippen molar-refractivity contribution in [3.05, 3.63) is 128 Å². The number of amides is 2. The van der Waals surface area contributed by atoms with Gasteiger partial charge in [-0.25, -0.2) is 9.97 Å². The molecule has 1 N–H and O–H groups in total. The highest BCUT2D eigenvalue weighted by Gasteiger charge is 2.33. The van der Waals surface area contributed by atoms with Gasteiger partial charge in [-0.15, -0.1) is 16.4 Å². The summed E-state index contributed by atoms with van der Waals surface area (Å²) in [6.07, 6.45) is -3.00. The van der Waals surface area contributed by atoms with E-state index in [2.05, 4.69) is 20.4 Å². The summed E-state index contributed by atoms with van der Waals surface area (Å²) in [4.78, 5) is 59.0. The van der Waals surface area contributed by atoms with Crippen molar-refractivity contribution in [3.63, 3.8) is 0 Å². The van der Waals surface area contributed by atoms with Gasteiger partial charge in [0.25, 0.3) is 11.5 Å². The standard InChI is InChI=1S/C41H35ClF3N9O4S/c1-3-31-35(51-14-16-52(17-15-51)38(56)34-36(24(2)46-23-47-34)58-22-25-7-5-4-6-8-25)39(57)54-40(49-37(50-54)27-10-9-26-13-18-59-32(26)19-27)53(31)21-33(55)48-30-12-11-28(20-29(30)42)41(43,44)45/h4-13,18-20,23H,3,14-17,21-22H2,1-2H3,(H,48,55). The molecular weight excluding hydrogens is 807 g/mol. The van der Waals surface area contributed by atoms with Crippen LogP contribution in [-0.2, 0) is 30.5 Å². The first-order valence-corrected chi connectivity index (χ1v) is 19.8. The first-order valence-electron chi connectivity index (χ1n) is 18.6. The van der Waals surface area contributed by atoms with Gasteiger partial charge in [-0.2, -0.15) is 22.7 Å².